The number of aliphatic hydroxyl groups is 1. The number of fused-ring (bicyclic) bond motifs is 1. The molecule has 0 spiro atoms. The van der Waals surface area contributed by atoms with Crippen LogP contribution in [0.15, 0.2) is 30.5 Å². The summed E-state index contributed by atoms with van der Waals surface area (Å²) in [6, 6.07) is 8.13. The van der Waals surface area contributed by atoms with Crippen molar-refractivity contribution in [3.05, 3.63) is 46.2 Å². The molecule has 3 rings (SSSR count). The summed E-state index contributed by atoms with van der Waals surface area (Å²) in [5, 5.41) is 9.75. The Hall–Kier alpha value is -1.98. The van der Waals surface area contributed by atoms with Crippen molar-refractivity contribution in [2.45, 2.75) is 20.1 Å². The Balaban J connectivity index is 1.97. The van der Waals surface area contributed by atoms with E-state index in [0.717, 1.165) is 33.3 Å². The molecule has 0 saturated carbocycles. The van der Waals surface area contributed by atoms with E-state index in [2.05, 4.69) is 27.5 Å². The number of aromatic nitrogens is 3. The van der Waals surface area contributed by atoms with Crippen molar-refractivity contribution < 1.29 is 5.11 Å². The molecule has 0 aliphatic rings. The third-order valence-electron chi connectivity index (χ3n) is 3.10. The Kier molecular flexibility index (Phi) is 3.62. The second-order valence-electron chi connectivity index (χ2n) is 4.35. The van der Waals surface area contributed by atoms with E-state index in [-0.39, 0.29) is 6.61 Å². The Morgan fingerprint density at radius 2 is 2.15 bits per heavy atom. The number of nitrogens with zero attached hydrogens (tertiary/aromatic N) is 3. The molecule has 0 bridgehead atoms. The number of imidazole rings is 1. The molecule has 5 heteroatoms. The lowest BCUT2D eigenvalue weighted by atomic mass is 10.3. The van der Waals surface area contributed by atoms with E-state index in [4.69, 9.17) is 5.11 Å². The monoisotopic (exact) mass is 285 g/mol. The molecular formula is C15H15N3OS. The number of hydrogen-bond donors (Lipinski definition) is 1. The van der Waals surface area contributed by atoms with Crippen molar-refractivity contribution in [2.24, 2.45) is 0 Å². The van der Waals surface area contributed by atoms with Crippen LogP contribution in [0.1, 0.15) is 22.6 Å². The van der Waals surface area contributed by atoms with Gasteiger partial charge in [0.1, 0.15) is 10.8 Å². The Morgan fingerprint density at radius 3 is 2.90 bits per heavy atom. The summed E-state index contributed by atoms with van der Waals surface area (Å²) in [7, 11) is 0. The summed E-state index contributed by atoms with van der Waals surface area (Å²) in [6.45, 7) is 2.98. The summed E-state index contributed by atoms with van der Waals surface area (Å²) < 4.78 is 2.18. The fourth-order valence-electron chi connectivity index (χ4n) is 2.18. The summed E-state index contributed by atoms with van der Waals surface area (Å²) in [5.41, 5.74) is 2.16. The van der Waals surface area contributed by atoms with Crippen LogP contribution >= 0.6 is 11.3 Å². The molecule has 0 saturated heterocycles. The van der Waals surface area contributed by atoms with E-state index < -0.39 is 0 Å². The van der Waals surface area contributed by atoms with Crippen molar-refractivity contribution in [1.82, 2.24) is 14.5 Å². The predicted molar refractivity (Wildman–Crippen MR) is 82.4 cm³/mol. The molecular weight excluding hydrogens is 270 g/mol. The van der Waals surface area contributed by atoms with Crippen LogP contribution in [0.3, 0.4) is 0 Å². The van der Waals surface area contributed by atoms with Gasteiger partial charge in [0.05, 0.1) is 17.6 Å². The largest absolute Gasteiger partial charge is 0.389 e. The van der Waals surface area contributed by atoms with Crippen molar-refractivity contribution in [2.75, 3.05) is 0 Å². The van der Waals surface area contributed by atoms with E-state index in [1.165, 1.54) is 11.3 Å². The Labute approximate surface area is 121 Å². The minimum absolute atomic E-state index is 0.00796. The molecule has 3 aromatic rings. The quantitative estimate of drug-likeness (QED) is 0.801. The third kappa shape index (κ3) is 2.37. The molecule has 2 heterocycles. The number of aliphatic hydroxyl groups excluding tert-OH is 1. The lowest BCUT2D eigenvalue weighted by Gasteiger charge is -2.01. The summed E-state index contributed by atoms with van der Waals surface area (Å²) in [4.78, 5) is 9.78. The fraction of sp³-hybridized carbons (Fsp3) is 0.200. The van der Waals surface area contributed by atoms with Gasteiger partial charge in [-0.1, -0.05) is 12.1 Å². The second kappa shape index (κ2) is 5.56. The molecule has 0 aliphatic heterocycles. The first-order valence-corrected chi connectivity index (χ1v) is 7.32. The first-order valence-electron chi connectivity index (χ1n) is 6.50. The molecule has 1 N–H and O–H groups in total. The molecule has 0 amide bonds. The van der Waals surface area contributed by atoms with Gasteiger partial charge in [-0.05, 0) is 31.2 Å². The van der Waals surface area contributed by atoms with Crippen LogP contribution in [0, 0.1) is 0 Å². The average molecular weight is 285 g/mol. The van der Waals surface area contributed by atoms with Gasteiger partial charge in [-0.2, -0.15) is 0 Å². The van der Waals surface area contributed by atoms with Crippen LogP contribution in [0.25, 0.3) is 23.2 Å². The number of aryl methyl sites for hydroxylation is 1. The van der Waals surface area contributed by atoms with Crippen LogP contribution in [-0.2, 0) is 13.2 Å². The first-order chi connectivity index (χ1) is 9.81. The smallest absolute Gasteiger partial charge is 0.133 e. The van der Waals surface area contributed by atoms with Crippen molar-refractivity contribution in [3.63, 3.8) is 0 Å². The number of benzene rings is 1. The van der Waals surface area contributed by atoms with E-state index in [1.54, 1.807) is 6.20 Å². The van der Waals surface area contributed by atoms with Crippen LogP contribution in [0.2, 0.25) is 0 Å². The number of rotatable bonds is 4. The molecule has 4 nitrogen and oxygen atoms in total. The molecule has 0 radical (unpaired) electrons. The van der Waals surface area contributed by atoms with E-state index in [1.807, 2.05) is 30.4 Å². The van der Waals surface area contributed by atoms with Crippen molar-refractivity contribution in [3.8, 4) is 0 Å². The van der Waals surface area contributed by atoms with Gasteiger partial charge < -0.3 is 9.67 Å². The molecule has 0 fully saturated rings. The van der Waals surface area contributed by atoms with E-state index in [0.29, 0.717) is 0 Å². The zero-order chi connectivity index (χ0) is 13.9. The van der Waals surface area contributed by atoms with Crippen molar-refractivity contribution >= 4 is 34.5 Å². The lowest BCUT2D eigenvalue weighted by Crippen LogP contribution is -1.96. The Bertz CT molecular complexity index is 757. The zero-order valence-electron chi connectivity index (χ0n) is 11.2. The molecule has 1 aromatic carbocycles. The minimum Gasteiger partial charge on any atom is -0.389 e. The molecule has 0 aliphatic carbocycles. The maximum absolute atomic E-state index is 9.02. The highest BCUT2D eigenvalue weighted by Gasteiger charge is 2.06. The van der Waals surface area contributed by atoms with Crippen LogP contribution in [-0.4, -0.2) is 19.6 Å². The number of hydrogen-bond acceptors (Lipinski definition) is 4. The third-order valence-corrected chi connectivity index (χ3v) is 4.05. The lowest BCUT2D eigenvalue weighted by molar-refractivity contribution is 0.281. The van der Waals surface area contributed by atoms with E-state index in [9.17, 15) is 0 Å². The standard InChI is InChI=1S/C15H15N3OS/c1-2-18-13-6-4-3-5-12(13)17-14(18)8-7-11-9-16-15(10-19)20-11/h3-9,19H,2,10H2,1H3/b8-7+. The van der Waals surface area contributed by atoms with Gasteiger partial charge in [0.25, 0.3) is 0 Å². The SMILES string of the molecule is CCn1c(/C=C/c2cnc(CO)s2)nc2ccccc21. The molecule has 20 heavy (non-hydrogen) atoms. The summed E-state index contributed by atoms with van der Waals surface area (Å²) >= 11 is 1.49. The Morgan fingerprint density at radius 1 is 1.30 bits per heavy atom. The molecule has 0 unspecified atom stereocenters. The van der Waals surface area contributed by atoms with Crippen LogP contribution in [0.5, 0.6) is 0 Å². The maximum atomic E-state index is 9.02. The summed E-state index contributed by atoms with van der Waals surface area (Å²) in [6.07, 6.45) is 5.76. The van der Waals surface area contributed by atoms with Gasteiger partial charge in [0.2, 0.25) is 0 Å². The first kappa shape index (κ1) is 13.0. The van der Waals surface area contributed by atoms with E-state index >= 15 is 0 Å². The highest BCUT2D eigenvalue weighted by Crippen LogP contribution is 2.19. The van der Waals surface area contributed by atoms with Gasteiger partial charge >= 0.3 is 0 Å². The zero-order valence-corrected chi connectivity index (χ0v) is 12.0. The molecule has 0 atom stereocenters. The number of para-hydroxylation sites is 2. The highest BCUT2D eigenvalue weighted by molar-refractivity contribution is 7.12. The molecule has 102 valence electrons. The highest BCUT2D eigenvalue weighted by atomic mass is 32.1. The van der Waals surface area contributed by atoms with Crippen LogP contribution in [0.4, 0.5) is 0 Å². The molecule has 2 aromatic heterocycles. The fourth-order valence-corrected chi connectivity index (χ4v) is 2.87. The predicted octanol–water partition coefficient (Wildman–Crippen LogP) is 3.18. The van der Waals surface area contributed by atoms with Crippen LogP contribution < -0.4 is 0 Å². The van der Waals surface area contributed by atoms with Gasteiger partial charge in [-0.15, -0.1) is 11.3 Å². The van der Waals surface area contributed by atoms with Gasteiger partial charge in [0, 0.05) is 17.6 Å². The van der Waals surface area contributed by atoms with Crippen molar-refractivity contribution in [1.29, 1.82) is 0 Å². The normalized spacial score (nSPS) is 11.7. The second-order valence-corrected chi connectivity index (χ2v) is 5.50. The van der Waals surface area contributed by atoms with Gasteiger partial charge in [-0.25, -0.2) is 9.97 Å². The number of thiazole rings is 1. The van der Waals surface area contributed by atoms with Gasteiger partial charge in [-0.3, -0.25) is 0 Å². The van der Waals surface area contributed by atoms with Gasteiger partial charge in [0.15, 0.2) is 0 Å². The summed E-state index contributed by atoms with van der Waals surface area (Å²) in [5.74, 6) is 0.938. The topological polar surface area (TPSA) is 50.9 Å². The maximum Gasteiger partial charge on any atom is 0.133 e. The minimum atomic E-state index is -0.00796. The average Bonchev–Trinajstić information content (AvgIpc) is 3.08.